The number of carbonyl (C=O) groups excluding carboxylic acids is 1. The highest BCUT2D eigenvalue weighted by Gasteiger charge is 2.55. The maximum Gasteiger partial charge on any atom is 0.423 e. The summed E-state index contributed by atoms with van der Waals surface area (Å²) in [6.07, 6.45) is -8.35. The summed E-state index contributed by atoms with van der Waals surface area (Å²) in [5.41, 5.74) is -4.03. The van der Waals surface area contributed by atoms with Crippen LogP contribution in [-0.2, 0) is 23.1 Å². The predicted molar refractivity (Wildman–Crippen MR) is 106 cm³/mol. The number of nitrogens with one attached hydrogen (secondary N) is 2. The molecule has 1 saturated carbocycles. The van der Waals surface area contributed by atoms with Crippen LogP contribution in [0.3, 0.4) is 0 Å². The molecule has 3 rings (SSSR count). The van der Waals surface area contributed by atoms with Crippen molar-refractivity contribution in [2.45, 2.75) is 44.3 Å². The van der Waals surface area contributed by atoms with Gasteiger partial charge in [-0.2, -0.15) is 26.3 Å². The van der Waals surface area contributed by atoms with Gasteiger partial charge in [0.1, 0.15) is 0 Å². The van der Waals surface area contributed by atoms with Crippen molar-refractivity contribution in [1.29, 1.82) is 0 Å². The number of hydrogen-bond donors (Lipinski definition) is 3. The second kappa shape index (κ2) is 8.65. The van der Waals surface area contributed by atoms with Crippen molar-refractivity contribution in [3.05, 3.63) is 64.7 Å². The average Bonchev–Trinajstić information content (AvgIpc) is 3.55. The highest BCUT2D eigenvalue weighted by molar-refractivity contribution is 5.80. The summed E-state index contributed by atoms with van der Waals surface area (Å²) in [6, 6.07) is 7.22. The first kappa shape index (κ1) is 23.9. The second-order valence-electron chi connectivity index (χ2n) is 7.92. The fraction of sp³-hybridized carbons (Fsp3) is 0.409. The average molecular weight is 460 g/mol. The Morgan fingerprint density at radius 3 is 2.25 bits per heavy atom. The SMILES string of the molecule is Cc1cc(NC[C@@](O)(c2cccc(C(F)(F)F)c2)C(F)(F)F)ccc1CNC(=O)C1CC1. The summed E-state index contributed by atoms with van der Waals surface area (Å²) in [6.45, 7) is 0.903. The molecule has 10 heteroatoms. The lowest BCUT2D eigenvalue weighted by Crippen LogP contribution is -2.48. The fourth-order valence-corrected chi connectivity index (χ4v) is 3.23. The molecule has 1 fully saturated rings. The largest absolute Gasteiger partial charge is 0.423 e. The van der Waals surface area contributed by atoms with E-state index in [1.165, 1.54) is 6.07 Å². The van der Waals surface area contributed by atoms with Crippen molar-refractivity contribution >= 4 is 11.6 Å². The van der Waals surface area contributed by atoms with Gasteiger partial charge in [-0.3, -0.25) is 4.79 Å². The number of hydrogen-bond acceptors (Lipinski definition) is 3. The summed E-state index contributed by atoms with van der Waals surface area (Å²) in [4.78, 5) is 11.8. The number of amides is 1. The summed E-state index contributed by atoms with van der Waals surface area (Å²) >= 11 is 0. The number of carbonyl (C=O) groups is 1. The van der Waals surface area contributed by atoms with Crippen LogP contribution in [0.4, 0.5) is 32.0 Å². The van der Waals surface area contributed by atoms with Crippen molar-refractivity contribution in [1.82, 2.24) is 5.32 Å². The second-order valence-corrected chi connectivity index (χ2v) is 7.92. The van der Waals surface area contributed by atoms with E-state index in [0.29, 0.717) is 17.7 Å². The third-order valence-electron chi connectivity index (χ3n) is 5.43. The van der Waals surface area contributed by atoms with Gasteiger partial charge in [0.2, 0.25) is 11.5 Å². The highest BCUT2D eigenvalue weighted by Crippen LogP contribution is 2.41. The number of aryl methyl sites for hydroxylation is 1. The molecule has 0 spiro atoms. The molecular weight excluding hydrogens is 438 g/mol. The Labute approximate surface area is 180 Å². The lowest BCUT2D eigenvalue weighted by atomic mass is 9.91. The topological polar surface area (TPSA) is 61.4 Å². The van der Waals surface area contributed by atoms with Gasteiger partial charge in [0, 0.05) is 18.2 Å². The smallest absolute Gasteiger partial charge is 0.381 e. The molecule has 0 radical (unpaired) electrons. The van der Waals surface area contributed by atoms with Gasteiger partial charge in [0.05, 0.1) is 12.1 Å². The minimum atomic E-state index is -5.23. The molecule has 4 nitrogen and oxygen atoms in total. The minimum absolute atomic E-state index is 0.0390. The van der Waals surface area contributed by atoms with Crippen LogP contribution in [0.2, 0.25) is 0 Å². The zero-order chi connectivity index (χ0) is 23.7. The molecule has 0 aromatic heterocycles. The molecule has 3 N–H and O–H groups in total. The number of alkyl halides is 6. The van der Waals surface area contributed by atoms with Crippen molar-refractivity contribution in [3.63, 3.8) is 0 Å². The van der Waals surface area contributed by atoms with E-state index in [9.17, 15) is 36.2 Å². The fourth-order valence-electron chi connectivity index (χ4n) is 3.23. The Morgan fingerprint density at radius 1 is 1.03 bits per heavy atom. The van der Waals surface area contributed by atoms with Crippen LogP contribution in [-0.4, -0.2) is 23.7 Å². The Morgan fingerprint density at radius 2 is 1.69 bits per heavy atom. The van der Waals surface area contributed by atoms with Gasteiger partial charge in [0.15, 0.2) is 0 Å². The first-order valence-corrected chi connectivity index (χ1v) is 9.89. The van der Waals surface area contributed by atoms with E-state index in [1.54, 1.807) is 19.1 Å². The van der Waals surface area contributed by atoms with Gasteiger partial charge < -0.3 is 15.7 Å². The van der Waals surface area contributed by atoms with E-state index in [4.69, 9.17) is 0 Å². The van der Waals surface area contributed by atoms with Gasteiger partial charge in [0.25, 0.3) is 0 Å². The Kier molecular flexibility index (Phi) is 6.46. The van der Waals surface area contributed by atoms with Crippen LogP contribution < -0.4 is 10.6 Å². The lowest BCUT2D eigenvalue weighted by Gasteiger charge is -2.32. The van der Waals surface area contributed by atoms with Crippen LogP contribution >= 0.6 is 0 Å². The molecule has 1 aliphatic rings. The quantitative estimate of drug-likeness (QED) is 0.515. The number of halogens is 6. The van der Waals surface area contributed by atoms with Gasteiger partial charge in [-0.1, -0.05) is 18.2 Å². The van der Waals surface area contributed by atoms with Gasteiger partial charge in [-0.05, 0) is 60.7 Å². The van der Waals surface area contributed by atoms with Gasteiger partial charge in [-0.25, -0.2) is 0 Å². The van der Waals surface area contributed by atoms with Crippen molar-refractivity contribution in [2.24, 2.45) is 5.92 Å². The third kappa shape index (κ3) is 5.35. The standard InChI is InChI=1S/C22H22F6N2O2/c1-13-9-18(8-7-15(13)11-29-19(31)14-5-6-14)30-12-20(32,22(26,27)28)16-3-2-4-17(10-16)21(23,24)25/h2-4,7-10,14,30,32H,5-6,11-12H2,1H3,(H,29,31)/t20-/m1/s1. The lowest BCUT2D eigenvalue weighted by molar-refractivity contribution is -0.260. The Balaban J connectivity index is 1.76. The van der Waals surface area contributed by atoms with E-state index in [1.807, 2.05) is 0 Å². The summed E-state index contributed by atoms with van der Waals surface area (Å²) in [5, 5.41) is 15.7. The van der Waals surface area contributed by atoms with Crippen LogP contribution in [0.5, 0.6) is 0 Å². The molecule has 0 bridgehead atoms. The Hall–Kier alpha value is -2.75. The van der Waals surface area contributed by atoms with Crippen molar-refractivity contribution < 1.29 is 36.2 Å². The van der Waals surface area contributed by atoms with Crippen molar-refractivity contribution in [3.8, 4) is 0 Å². The molecule has 0 aliphatic heterocycles. The van der Waals surface area contributed by atoms with Crippen LogP contribution in [0.1, 0.15) is 35.1 Å². The molecule has 0 saturated heterocycles. The van der Waals surface area contributed by atoms with E-state index >= 15 is 0 Å². The molecule has 2 aromatic carbocycles. The van der Waals surface area contributed by atoms with Crippen LogP contribution in [0.15, 0.2) is 42.5 Å². The maximum absolute atomic E-state index is 13.7. The number of benzene rings is 2. The number of rotatable bonds is 7. The molecule has 1 amide bonds. The Bertz CT molecular complexity index is 985. The van der Waals surface area contributed by atoms with E-state index in [2.05, 4.69) is 10.6 Å². The molecule has 32 heavy (non-hydrogen) atoms. The monoisotopic (exact) mass is 460 g/mol. The highest BCUT2D eigenvalue weighted by atomic mass is 19.4. The molecule has 2 aromatic rings. The minimum Gasteiger partial charge on any atom is -0.381 e. The zero-order valence-corrected chi connectivity index (χ0v) is 17.1. The molecule has 1 atom stereocenters. The van der Waals surface area contributed by atoms with E-state index in [0.717, 1.165) is 30.5 Å². The summed E-state index contributed by atoms with van der Waals surface area (Å²) < 4.78 is 79.9. The normalized spacial score (nSPS) is 16.4. The molecular formula is C22H22F6N2O2. The first-order chi connectivity index (χ1) is 14.8. The van der Waals surface area contributed by atoms with Crippen molar-refractivity contribution in [2.75, 3.05) is 11.9 Å². The number of anilines is 1. The van der Waals surface area contributed by atoms with Gasteiger partial charge in [-0.15, -0.1) is 0 Å². The zero-order valence-electron chi connectivity index (χ0n) is 17.1. The molecule has 1 aliphatic carbocycles. The maximum atomic E-state index is 13.7. The van der Waals surface area contributed by atoms with Gasteiger partial charge >= 0.3 is 12.4 Å². The third-order valence-corrected chi connectivity index (χ3v) is 5.43. The first-order valence-electron chi connectivity index (χ1n) is 9.89. The van der Waals surface area contributed by atoms with E-state index < -0.39 is 35.6 Å². The number of aliphatic hydroxyl groups is 1. The predicted octanol–water partition coefficient (Wildman–Crippen LogP) is 4.90. The molecule has 0 unspecified atom stereocenters. The van der Waals surface area contributed by atoms with E-state index in [-0.39, 0.29) is 24.1 Å². The molecule has 0 heterocycles. The summed E-state index contributed by atoms with van der Waals surface area (Å²) in [5.74, 6) is 0.00932. The summed E-state index contributed by atoms with van der Waals surface area (Å²) in [7, 11) is 0. The van der Waals surface area contributed by atoms with Crippen LogP contribution in [0, 0.1) is 12.8 Å². The van der Waals surface area contributed by atoms with Crippen LogP contribution in [0.25, 0.3) is 0 Å². The molecule has 174 valence electrons.